The molecule has 1 aromatic carbocycles. The molecule has 16 heavy (non-hydrogen) atoms. The summed E-state index contributed by atoms with van der Waals surface area (Å²) in [6, 6.07) is 2.46. The van der Waals surface area contributed by atoms with Gasteiger partial charge in [0.15, 0.2) is 5.69 Å². The molecule has 0 radical (unpaired) electrons. The minimum Gasteiger partial charge on any atom is -0.494 e. The summed E-state index contributed by atoms with van der Waals surface area (Å²) in [4.78, 5) is 21.0. The van der Waals surface area contributed by atoms with Crippen molar-refractivity contribution in [3.05, 3.63) is 40.6 Å². The maximum Gasteiger partial charge on any atom is 0.156 e. The van der Waals surface area contributed by atoms with Crippen LogP contribution in [0.3, 0.4) is 0 Å². The van der Waals surface area contributed by atoms with Crippen molar-refractivity contribution in [3.63, 3.8) is 0 Å². The number of rotatable bonds is 5. The van der Waals surface area contributed by atoms with Gasteiger partial charge in [0.2, 0.25) is 0 Å². The highest BCUT2D eigenvalue weighted by Crippen LogP contribution is 2.34. The first-order valence-corrected chi connectivity index (χ1v) is 4.45. The fourth-order valence-corrected chi connectivity index (χ4v) is 1.29. The molecule has 0 saturated heterocycles. The van der Waals surface area contributed by atoms with Crippen LogP contribution in [-0.4, -0.2) is 13.4 Å². The molecule has 84 valence electrons. The minimum atomic E-state index is -0.613. The lowest BCUT2D eigenvalue weighted by atomic mass is 10.0. The summed E-state index contributed by atoms with van der Waals surface area (Å²) >= 11 is 0. The number of hydrogen-bond acceptors (Lipinski definition) is 4. The van der Waals surface area contributed by atoms with Crippen molar-refractivity contribution in [1.29, 1.82) is 0 Å². The van der Waals surface area contributed by atoms with Gasteiger partial charge in [0.25, 0.3) is 0 Å². The average molecular weight is 223 g/mol. The molecule has 0 aliphatic rings. The zero-order valence-corrected chi connectivity index (χ0v) is 8.70. The molecule has 0 aromatic heterocycles. The number of carbonyl (C=O) groups is 1. The zero-order valence-electron chi connectivity index (χ0n) is 8.70. The van der Waals surface area contributed by atoms with Crippen LogP contribution >= 0.6 is 0 Å². The molecule has 0 atom stereocenters. The van der Waals surface area contributed by atoms with Crippen LogP contribution < -0.4 is 4.74 Å². The van der Waals surface area contributed by atoms with E-state index in [-0.39, 0.29) is 29.0 Å². The molecule has 5 heteroatoms. The maximum atomic E-state index is 13.4. The first-order valence-electron chi connectivity index (χ1n) is 4.45. The van der Waals surface area contributed by atoms with Crippen LogP contribution in [0.5, 0.6) is 5.75 Å². The molecule has 0 amide bonds. The van der Waals surface area contributed by atoms with Gasteiger partial charge in [-0.15, -0.1) is 4.91 Å². The second kappa shape index (κ2) is 5.16. The number of nitroso groups, excluding NO2 is 1. The smallest absolute Gasteiger partial charge is 0.156 e. The lowest BCUT2D eigenvalue weighted by molar-refractivity contribution is -0.104. The molecule has 0 saturated carbocycles. The van der Waals surface area contributed by atoms with Gasteiger partial charge in [0.05, 0.1) is 7.11 Å². The standard InChI is InChI=1S/C11H10FNO3/c1-7(6-14)5-8-9(12)3-4-10(16-2)11(8)13-15/h3-4,6H,1,5H2,2H3. The van der Waals surface area contributed by atoms with Crippen molar-refractivity contribution in [1.82, 2.24) is 0 Å². The molecule has 0 fully saturated rings. The fourth-order valence-electron chi connectivity index (χ4n) is 1.29. The Labute approximate surface area is 91.7 Å². The van der Waals surface area contributed by atoms with Crippen molar-refractivity contribution in [2.75, 3.05) is 7.11 Å². The summed E-state index contributed by atoms with van der Waals surface area (Å²) in [5.41, 5.74) is 0.0500. The molecule has 0 unspecified atom stereocenters. The zero-order chi connectivity index (χ0) is 12.1. The Morgan fingerprint density at radius 3 is 2.81 bits per heavy atom. The Kier molecular flexibility index (Phi) is 3.88. The topological polar surface area (TPSA) is 55.7 Å². The van der Waals surface area contributed by atoms with E-state index in [1.807, 2.05) is 0 Å². The van der Waals surface area contributed by atoms with Crippen LogP contribution in [0, 0.1) is 10.7 Å². The van der Waals surface area contributed by atoms with Crippen LogP contribution in [0.4, 0.5) is 10.1 Å². The van der Waals surface area contributed by atoms with Crippen molar-refractivity contribution < 1.29 is 13.9 Å². The second-order valence-electron chi connectivity index (χ2n) is 3.12. The van der Waals surface area contributed by atoms with E-state index >= 15 is 0 Å². The van der Waals surface area contributed by atoms with Crippen LogP contribution in [0.15, 0.2) is 29.5 Å². The van der Waals surface area contributed by atoms with E-state index in [1.54, 1.807) is 0 Å². The Bertz CT molecular complexity index is 443. The number of nitrogens with zero attached hydrogens (tertiary/aromatic N) is 1. The summed E-state index contributed by atoms with van der Waals surface area (Å²) in [5, 5.41) is 2.72. The van der Waals surface area contributed by atoms with E-state index in [4.69, 9.17) is 4.74 Å². The van der Waals surface area contributed by atoms with E-state index in [9.17, 15) is 14.1 Å². The van der Waals surface area contributed by atoms with Crippen LogP contribution in [0.1, 0.15) is 5.56 Å². The van der Waals surface area contributed by atoms with E-state index in [0.29, 0.717) is 6.29 Å². The fraction of sp³-hybridized carbons (Fsp3) is 0.182. The summed E-state index contributed by atoms with van der Waals surface area (Å²) in [5.74, 6) is -0.441. The monoisotopic (exact) mass is 223 g/mol. The number of ether oxygens (including phenoxy) is 1. The van der Waals surface area contributed by atoms with E-state index in [0.717, 1.165) is 6.07 Å². The highest BCUT2D eigenvalue weighted by atomic mass is 19.1. The van der Waals surface area contributed by atoms with Gasteiger partial charge in [-0.05, 0) is 22.9 Å². The third-order valence-electron chi connectivity index (χ3n) is 2.07. The Morgan fingerprint density at radius 2 is 2.31 bits per heavy atom. The van der Waals surface area contributed by atoms with E-state index < -0.39 is 5.82 Å². The molecule has 0 aliphatic heterocycles. The number of halogens is 1. The van der Waals surface area contributed by atoms with Gasteiger partial charge in [-0.2, -0.15) is 0 Å². The molecule has 0 aliphatic carbocycles. The van der Waals surface area contributed by atoms with Gasteiger partial charge in [0, 0.05) is 12.0 Å². The van der Waals surface area contributed by atoms with Gasteiger partial charge in [-0.25, -0.2) is 4.39 Å². The van der Waals surface area contributed by atoms with Gasteiger partial charge >= 0.3 is 0 Å². The predicted molar refractivity (Wildman–Crippen MR) is 57.3 cm³/mol. The lowest BCUT2D eigenvalue weighted by Crippen LogP contribution is -1.97. The number of methoxy groups -OCH3 is 1. The van der Waals surface area contributed by atoms with E-state index in [2.05, 4.69) is 11.8 Å². The average Bonchev–Trinajstić information content (AvgIpc) is 2.31. The first kappa shape index (κ1) is 12.0. The molecule has 1 rings (SSSR count). The summed E-state index contributed by atoms with van der Waals surface area (Å²) in [6.07, 6.45) is 0.446. The molecular formula is C11H10FNO3. The molecule has 0 N–H and O–H groups in total. The molecule has 4 nitrogen and oxygen atoms in total. The number of aldehydes is 1. The Morgan fingerprint density at radius 1 is 1.62 bits per heavy atom. The summed E-state index contributed by atoms with van der Waals surface area (Å²) in [7, 11) is 1.35. The quantitative estimate of drug-likeness (QED) is 0.438. The third kappa shape index (κ3) is 2.31. The van der Waals surface area contributed by atoms with Crippen molar-refractivity contribution in [2.24, 2.45) is 5.18 Å². The third-order valence-corrected chi connectivity index (χ3v) is 2.07. The highest BCUT2D eigenvalue weighted by molar-refractivity contribution is 5.74. The van der Waals surface area contributed by atoms with Crippen molar-refractivity contribution in [3.8, 4) is 5.75 Å². The van der Waals surface area contributed by atoms with Gasteiger partial charge in [-0.1, -0.05) is 6.58 Å². The normalized spacial score (nSPS) is 9.62. The molecule has 0 bridgehead atoms. The molecule has 1 aromatic rings. The first-order chi connectivity index (χ1) is 7.63. The number of allylic oxidation sites excluding steroid dienone is 1. The SMILES string of the molecule is C=C(C=O)Cc1c(F)ccc(OC)c1N=O. The number of benzene rings is 1. The second-order valence-corrected chi connectivity index (χ2v) is 3.12. The van der Waals surface area contributed by atoms with Crippen LogP contribution in [-0.2, 0) is 11.2 Å². The van der Waals surface area contributed by atoms with Crippen LogP contribution in [0.2, 0.25) is 0 Å². The Balaban J connectivity index is 3.28. The van der Waals surface area contributed by atoms with Crippen molar-refractivity contribution >= 4 is 12.0 Å². The van der Waals surface area contributed by atoms with Gasteiger partial charge < -0.3 is 4.74 Å². The largest absolute Gasteiger partial charge is 0.494 e. The lowest BCUT2D eigenvalue weighted by Gasteiger charge is -2.08. The molecular weight excluding hydrogens is 213 g/mol. The summed E-state index contributed by atoms with van der Waals surface area (Å²) < 4.78 is 18.3. The van der Waals surface area contributed by atoms with Crippen LogP contribution in [0.25, 0.3) is 0 Å². The van der Waals surface area contributed by atoms with Gasteiger partial charge in [0.1, 0.15) is 17.9 Å². The van der Waals surface area contributed by atoms with Gasteiger partial charge in [-0.3, -0.25) is 4.79 Å². The Hall–Kier alpha value is -2.04. The minimum absolute atomic E-state index is 0.0199. The molecule has 0 heterocycles. The van der Waals surface area contributed by atoms with E-state index in [1.165, 1.54) is 13.2 Å². The van der Waals surface area contributed by atoms with Crippen molar-refractivity contribution in [2.45, 2.75) is 6.42 Å². The molecule has 0 spiro atoms. The number of hydrogen-bond donors (Lipinski definition) is 0. The summed E-state index contributed by atoms with van der Waals surface area (Å²) in [6.45, 7) is 3.42. The maximum absolute atomic E-state index is 13.4. The number of carbonyl (C=O) groups excluding carboxylic acids is 1. The highest BCUT2D eigenvalue weighted by Gasteiger charge is 2.15. The predicted octanol–water partition coefficient (Wildman–Crippen LogP) is 2.53.